The maximum Gasteiger partial charge on any atom is 0.227 e. The molecule has 4 heteroatoms. The Bertz CT molecular complexity index is 283. The third-order valence-corrected chi connectivity index (χ3v) is 4.54. The summed E-state index contributed by atoms with van der Waals surface area (Å²) in [6.45, 7) is 5.46. The predicted octanol–water partition coefficient (Wildman–Crippen LogP) is 0.901. The molecule has 1 saturated heterocycles. The first-order valence-electron chi connectivity index (χ1n) is 6.77. The number of nitrogens with two attached hydrogens (primary N) is 1. The molecule has 98 valence electrons. The van der Waals surface area contributed by atoms with E-state index in [1.54, 1.807) is 0 Å². The van der Waals surface area contributed by atoms with Crippen LogP contribution in [0.1, 0.15) is 33.1 Å². The largest absolute Gasteiger partial charge is 0.379 e. The molecule has 5 atom stereocenters. The van der Waals surface area contributed by atoms with Gasteiger partial charge in [-0.3, -0.25) is 4.79 Å². The highest BCUT2D eigenvalue weighted by Crippen LogP contribution is 2.34. The van der Waals surface area contributed by atoms with Crippen molar-refractivity contribution in [2.24, 2.45) is 23.5 Å². The Morgan fingerprint density at radius 3 is 2.71 bits per heavy atom. The van der Waals surface area contributed by atoms with Crippen LogP contribution in [0.3, 0.4) is 0 Å². The smallest absolute Gasteiger partial charge is 0.227 e. The summed E-state index contributed by atoms with van der Waals surface area (Å²) in [6, 6.07) is 0.203. The highest BCUT2D eigenvalue weighted by Gasteiger charge is 2.36. The number of rotatable bonds is 3. The van der Waals surface area contributed by atoms with E-state index in [4.69, 9.17) is 10.5 Å². The van der Waals surface area contributed by atoms with E-state index in [1.165, 1.54) is 12.8 Å². The van der Waals surface area contributed by atoms with Crippen molar-refractivity contribution >= 4 is 5.91 Å². The van der Waals surface area contributed by atoms with Gasteiger partial charge in [0.05, 0.1) is 19.1 Å². The SMILES string of the molecule is CCC1CCC(NC(=O)C2COCC2N)C1C. The summed E-state index contributed by atoms with van der Waals surface area (Å²) in [5.41, 5.74) is 5.86. The van der Waals surface area contributed by atoms with Crippen molar-refractivity contribution in [3.8, 4) is 0 Å². The van der Waals surface area contributed by atoms with Gasteiger partial charge in [-0.2, -0.15) is 0 Å². The average Bonchev–Trinajstić information content (AvgIpc) is 2.87. The molecule has 1 aliphatic carbocycles. The van der Waals surface area contributed by atoms with Gasteiger partial charge >= 0.3 is 0 Å². The standard InChI is InChI=1S/C13H24N2O2/c1-3-9-4-5-12(8(9)2)15-13(16)10-6-17-7-11(10)14/h8-12H,3-7,14H2,1-2H3,(H,15,16). The molecular weight excluding hydrogens is 216 g/mol. The summed E-state index contributed by atoms with van der Waals surface area (Å²) in [4.78, 5) is 12.1. The van der Waals surface area contributed by atoms with E-state index in [9.17, 15) is 4.79 Å². The summed E-state index contributed by atoms with van der Waals surface area (Å²) in [6.07, 6.45) is 3.55. The quantitative estimate of drug-likeness (QED) is 0.770. The Balaban J connectivity index is 1.87. The van der Waals surface area contributed by atoms with Gasteiger partial charge in [-0.15, -0.1) is 0 Å². The number of nitrogens with one attached hydrogen (secondary N) is 1. The molecule has 0 aromatic carbocycles. The van der Waals surface area contributed by atoms with Crippen LogP contribution >= 0.6 is 0 Å². The van der Waals surface area contributed by atoms with Gasteiger partial charge in [-0.1, -0.05) is 20.3 Å². The van der Waals surface area contributed by atoms with Gasteiger partial charge in [0, 0.05) is 12.1 Å². The van der Waals surface area contributed by atoms with Crippen LogP contribution in [-0.4, -0.2) is 31.2 Å². The number of ether oxygens (including phenoxy) is 1. The highest BCUT2D eigenvalue weighted by molar-refractivity contribution is 5.80. The second-order valence-electron chi connectivity index (χ2n) is 5.53. The second-order valence-corrected chi connectivity index (χ2v) is 5.53. The number of carbonyl (C=O) groups is 1. The molecule has 1 saturated carbocycles. The molecule has 2 aliphatic rings. The van der Waals surface area contributed by atoms with Crippen molar-refractivity contribution in [1.29, 1.82) is 0 Å². The third kappa shape index (κ3) is 2.63. The zero-order valence-electron chi connectivity index (χ0n) is 10.8. The first kappa shape index (κ1) is 12.8. The van der Waals surface area contributed by atoms with Crippen molar-refractivity contribution in [1.82, 2.24) is 5.32 Å². The lowest BCUT2D eigenvalue weighted by Gasteiger charge is -2.23. The minimum absolute atomic E-state index is 0.0867. The Hall–Kier alpha value is -0.610. The van der Waals surface area contributed by atoms with E-state index >= 15 is 0 Å². The van der Waals surface area contributed by atoms with Crippen LogP contribution in [0.2, 0.25) is 0 Å². The van der Waals surface area contributed by atoms with Crippen molar-refractivity contribution in [3.63, 3.8) is 0 Å². The monoisotopic (exact) mass is 240 g/mol. The number of amides is 1. The van der Waals surface area contributed by atoms with E-state index < -0.39 is 0 Å². The molecule has 2 rings (SSSR count). The molecule has 0 aromatic rings. The maximum absolute atomic E-state index is 12.1. The van der Waals surface area contributed by atoms with E-state index in [0.29, 0.717) is 25.2 Å². The number of hydrogen-bond acceptors (Lipinski definition) is 3. The molecule has 1 heterocycles. The molecule has 0 bridgehead atoms. The number of carbonyl (C=O) groups excluding carboxylic acids is 1. The van der Waals surface area contributed by atoms with E-state index in [0.717, 1.165) is 12.3 Å². The van der Waals surface area contributed by atoms with E-state index in [1.807, 2.05) is 0 Å². The molecule has 1 aliphatic heterocycles. The van der Waals surface area contributed by atoms with Crippen LogP contribution in [0.25, 0.3) is 0 Å². The van der Waals surface area contributed by atoms with Crippen LogP contribution in [0.15, 0.2) is 0 Å². The second kappa shape index (κ2) is 5.36. The molecule has 0 spiro atoms. The van der Waals surface area contributed by atoms with E-state index in [-0.39, 0.29) is 17.9 Å². The minimum atomic E-state index is -0.150. The lowest BCUT2D eigenvalue weighted by molar-refractivity contribution is -0.126. The summed E-state index contributed by atoms with van der Waals surface area (Å²) in [7, 11) is 0. The lowest BCUT2D eigenvalue weighted by atomic mass is 9.93. The van der Waals surface area contributed by atoms with Gasteiger partial charge in [0.15, 0.2) is 0 Å². The fraction of sp³-hybridized carbons (Fsp3) is 0.923. The zero-order chi connectivity index (χ0) is 12.4. The Labute approximate surface area is 103 Å². The van der Waals surface area contributed by atoms with Gasteiger partial charge in [0.2, 0.25) is 5.91 Å². The van der Waals surface area contributed by atoms with Gasteiger partial charge < -0.3 is 15.8 Å². The van der Waals surface area contributed by atoms with Gasteiger partial charge in [-0.25, -0.2) is 0 Å². The van der Waals surface area contributed by atoms with E-state index in [2.05, 4.69) is 19.2 Å². The normalized spacial score (nSPS) is 41.7. The average molecular weight is 240 g/mol. The number of hydrogen-bond donors (Lipinski definition) is 2. The van der Waals surface area contributed by atoms with Crippen LogP contribution < -0.4 is 11.1 Å². The fourth-order valence-electron chi connectivity index (χ4n) is 3.16. The Morgan fingerprint density at radius 2 is 2.18 bits per heavy atom. The summed E-state index contributed by atoms with van der Waals surface area (Å²) >= 11 is 0. The van der Waals surface area contributed by atoms with Crippen molar-refractivity contribution in [2.75, 3.05) is 13.2 Å². The fourth-order valence-corrected chi connectivity index (χ4v) is 3.16. The molecule has 17 heavy (non-hydrogen) atoms. The molecular formula is C13H24N2O2. The first-order chi connectivity index (χ1) is 8.13. The van der Waals surface area contributed by atoms with Gasteiger partial charge in [0.25, 0.3) is 0 Å². The van der Waals surface area contributed by atoms with Crippen LogP contribution in [0, 0.1) is 17.8 Å². The molecule has 3 N–H and O–H groups in total. The van der Waals surface area contributed by atoms with Crippen LogP contribution in [-0.2, 0) is 9.53 Å². The van der Waals surface area contributed by atoms with Crippen LogP contribution in [0.4, 0.5) is 0 Å². The van der Waals surface area contributed by atoms with Crippen molar-refractivity contribution < 1.29 is 9.53 Å². The van der Waals surface area contributed by atoms with Crippen molar-refractivity contribution in [3.05, 3.63) is 0 Å². The lowest BCUT2D eigenvalue weighted by Crippen LogP contribution is -2.46. The third-order valence-electron chi connectivity index (χ3n) is 4.54. The molecule has 5 unspecified atom stereocenters. The Kier molecular flexibility index (Phi) is 4.05. The minimum Gasteiger partial charge on any atom is -0.379 e. The Morgan fingerprint density at radius 1 is 1.41 bits per heavy atom. The highest BCUT2D eigenvalue weighted by atomic mass is 16.5. The molecule has 0 aromatic heterocycles. The summed E-state index contributed by atoms with van der Waals surface area (Å²) < 4.78 is 5.24. The summed E-state index contributed by atoms with van der Waals surface area (Å²) in [5.74, 6) is 1.28. The van der Waals surface area contributed by atoms with Gasteiger partial charge in [0.1, 0.15) is 0 Å². The van der Waals surface area contributed by atoms with Gasteiger partial charge in [-0.05, 0) is 24.7 Å². The molecule has 1 amide bonds. The topological polar surface area (TPSA) is 64.3 Å². The predicted molar refractivity (Wildman–Crippen MR) is 66.4 cm³/mol. The zero-order valence-corrected chi connectivity index (χ0v) is 10.8. The molecule has 0 radical (unpaired) electrons. The first-order valence-corrected chi connectivity index (χ1v) is 6.77. The summed E-state index contributed by atoms with van der Waals surface area (Å²) in [5, 5.41) is 3.17. The van der Waals surface area contributed by atoms with Crippen LogP contribution in [0.5, 0.6) is 0 Å². The molecule has 4 nitrogen and oxygen atoms in total. The molecule has 2 fully saturated rings. The van der Waals surface area contributed by atoms with Crippen molar-refractivity contribution in [2.45, 2.75) is 45.2 Å². The maximum atomic E-state index is 12.1.